The summed E-state index contributed by atoms with van der Waals surface area (Å²) in [6.07, 6.45) is -10.3. The fourth-order valence-corrected chi connectivity index (χ4v) is 7.76. The van der Waals surface area contributed by atoms with Crippen LogP contribution in [0.4, 0.5) is 0 Å². The van der Waals surface area contributed by atoms with Crippen LogP contribution in [0.2, 0.25) is 0 Å². The average molecular weight is 863 g/mol. The number of aryl methyl sites for hydroxylation is 2. The maximum atomic E-state index is 11.5. The van der Waals surface area contributed by atoms with Crippen LogP contribution in [0.3, 0.4) is 0 Å². The molecule has 16 heteroatoms. The molecule has 0 bridgehead atoms. The summed E-state index contributed by atoms with van der Waals surface area (Å²) < 4.78 is 23.3. The molecule has 10 atom stereocenters. The first-order chi connectivity index (χ1) is 29.8. The van der Waals surface area contributed by atoms with Crippen molar-refractivity contribution in [2.45, 2.75) is 113 Å². The van der Waals surface area contributed by atoms with Gasteiger partial charge in [-0.3, -0.25) is 9.59 Å². The fourth-order valence-electron chi connectivity index (χ4n) is 7.76. The standard InChI is InChI=1S/C46H54O16/c47-23-35-39(53)41(55)43(57)45(61-35)59-33-15-13-25(19-31(33)29-11-5-9-27(17-29)21-37(49)50)7-3-1-2-4-8-26-14-16-34(60-46-44(58)42(56)40(54)36(24-48)62-46)32(20-26)30-12-6-10-28(18-30)22-38(51)52/h5-6,9-20,35-36,39-48,53-58H,1-4,7-8,21-24H2,(H,49,50)(H,51,52)/t35-,36-,39+,40+,41+,42+,43+,44+,45+,46+/m1/s1. The van der Waals surface area contributed by atoms with Crippen molar-refractivity contribution < 1.29 is 79.6 Å². The lowest BCUT2D eigenvalue weighted by Gasteiger charge is -2.39. The second-order valence-electron chi connectivity index (χ2n) is 15.7. The number of rotatable bonds is 19. The Morgan fingerprint density at radius 2 is 0.887 bits per heavy atom. The van der Waals surface area contributed by atoms with Gasteiger partial charge in [-0.1, -0.05) is 73.5 Å². The predicted molar refractivity (Wildman–Crippen MR) is 221 cm³/mol. The molecule has 2 aliphatic rings. The fraction of sp³-hybridized carbons (Fsp3) is 0.435. The minimum Gasteiger partial charge on any atom is -0.481 e. The lowest BCUT2D eigenvalue weighted by Crippen LogP contribution is -2.60. The number of hydrogen-bond acceptors (Lipinski definition) is 14. The zero-order chi connectivity index (χ0) is 44.5. The van der Waals surface area contributed by atoms with Crippen LogP contribution in [-0.2, 0) is 44.7 Å². The van der Waals surface area contributed by atoms with Gasteiger partial charge in [0.2, 0.25) is 12.6 Å². The number of aliphatic hydroxyl groups excluding tert-OH is 8. The molecule has 6 rings (SSSR count). The highest BCUT2D eigenvalue weighted by atomic mass is 16.7. The first kappa shape index (κ1) is 46.5. The van der Waals surface area contributed by atoms with E-state index in [0.29, 0.717) is 46.2 Å². The van der Waals surface area contributed by atoms with E-state index in [1.54, 1.807) is 60.7 Å². The molecule has 2 aliphatic heterocycles. The Kier molecular flexibility index (Phi) is 16.1. The van der Waals surface area contributed by atoms with Crippen LogP contribution in [0, 0.1) is 0 Å². The summed E-state index contributed by atoms with van der Waals surface area (Å²) in [5.74, 6) is -1.42. The Morgan fingerprint density at radius 3 is 1.26 bits per heavy atom. The Balaban J connectivity index is 1.13. The number of ether oxygens (including phenoxy) is 4. The molecule has 2 heterocycles. The molecule has 0 saturated carbocycles. The second kappa shape index (κ2) is 21.4. The highest BCUT2D eigenvalue weighted by Gasteiger charge is 2.46. The van der Waals surface area contributed by atoms with Crippen molar-refractivity contribution in [3.63, 3.8) is 0 Å². The summed E-state index contributed by atoms with van der Waals surface area (Å²) >= 11 is 0. The van der Waals surface area contributed by atoms with Crippen LogP contribution < -0.4 is 9.47 Å². The van der Waals surface area contributed by atoms with Gasteiger partial charge in [-0.15, -0.1) is 0 Å². The minimum absolute atomic E-state index is 0.197. The smallest absolute Gasteiger partial charge is 0.307 e. The molecule has 0 spiro atoms. The van der Waals surface area contributed by atoms with Crippen LogP contribution in [0.1, 0.15) is 47.9 Å². The normalized spacial score (nSPS) is 26.2. The van der Waals surface area contributed by atoms with E-state index in [1.165, 1.54) is 0 Å². The van der Waals surface area contributed by atoms with Crippen molar-refractivity contribution in [1.82, 2.24) is 0 Å². The van der Waals surface area contributed by atoms with E-state index >= 15 is 0 Å². The maximum absolute atomic E-state index is 11.5. The van der Waals surface area contributed by atoms with E-state index in [2.05, 4.69) is 0 Å². The van der Waals surface area contributed by atoms with E-state index in [1.807, 2.05) is 24.3 Å². The average Bonchev–Trinajstić information content (AvgIpc) is 3.25. The third-order valence-electron chi connectivity index (χ3n) is 11.1. The van der Waals surface area contributed by atoms with Crippen LogP contribution in [0.25, 0.3) is 22.3 Å². The summed E-state index contributed by atoms with van der Waals surface area (Å²) in [6.45, 7) is -1.23. The van der Waals surface area contributed by atoms with E-state index < -0.39 is 86.6 Å². The first-order valence-electron chi connectivity index (χ1n) is 20.6. The molecular weight excluding hydrogens is 808 g/mol. The highest BCUT2D eigenvalue weighted by molar-refractivity contribution is 5.76. The molecule has 0 amide bonds. The van der Waals surface area contributed by atoms with Gasteiger partial charge in [0.15, 0.2) is 0 Å². The Hall–Kier alpha value is -4.98. The Labute approximate surface area is 357 Å². The quantitative estimate of drug-likeness (QED) is 0.0604. The molecule has 62 heavy (non-hydrogen) atoms. The number of carboxylic acids is 2. The largest absolute Gasteiger partial charge is 0.481 e. The Bertz CT molecular complexity index is 1970. The van der Waals surface area contributed by atoms with E-state index in [0.717, 1.165) is 36.8 Å². The van der Waals surface area contributed by atoms with Gasteiger partial charge in [-0.25, -0.2) is 0 Å². The molecule has 4 aromatic carbocycles. The van der Waals surface area contributed by atoms with Crippen LogP contribution in [-0.4, -0.2) is 138 Å². The van der Waals surface area contributed by atoms with E-state index in [4.69, 9.17) is 18.9 Å². The number of benzene rings is 4. The molecule has 2 saturated heterocycles. The molecule has 334 valence electrons. The lowest BCUT2D eigenvalue weighted by molar-refractivity contribution is -0.277. The molecule has 0 radical (unpaired) electrons. The number of hydrogen-bond donors (Lipinski definition) is 10. The maximum Gasteiger partial charge on any atom is 0.307 e. The zero-order valence-electron chi connectivity index (χ0n) is 33.8. The summed E-state index contributed by atoms with van der Waals surface area (Å²) in [5, 5.41) is 101. The van der Waals surface area contributed by atoms with E-state index in [9.17, 15) is 60.7 Å². The van der Waals surface area contributed by atoms with E-state index in [-0.39, 0.29) is 24.3 Å². The minimum atomic E-state index is -1.63. The van der Waals surface area contributed by atoms with Crippen LogP contribution in [0.5, 0.6) is 11.5 Å². The first-order valence-corrected chi connectivity index (χ1v) is 20.6. The van der Waals surface area contributed by atoms with Gasteiger partial charge < -0.3 is 70.0 Å². The molecule has 0 unspecified atom stereocenters. The summed E-state index contributed by atoms with van der Waals surface area (Å²) in [6, 6.07) is 24.9. The summed E-state index contributed by atoms with van der Waals surface area (Å²) in [5.41, 5.74) is 5.56. The predicted octanol–water partition coefficient (Wildman–Crippen LogP) is 1.98. The zero-order valence-corrected chi connectivity index (χ0v) is 33.8. The van der Waals surface area contributed by atoms with Crippen molar-refractivity contribution in [2.75, 3.05) is 13.2 Å². The molecule has 16 nitrogen and oxygen atoms in total. The Morgan fingerprint density at radius 1 is 0.484 bits per heavy atom. The highest BCUT2D eigenvalue weighted by Crippen LogP contribution is 2.37. The molecule has 2 fully saturated rings. The van der Waals surface area contributed by atoms with Gasteiger partial charge in [0.05, 0.1) is 26.1 Å². The van der Waals surface area contributed by atoms with Crippen molar-refractivity contribution in [3.8, 4) is 33.8 Å². The SMILES string of the molecule is O=C(O)Cc1cccc(-c2cc(CCCCCCc3ccc(O[C@H]4O[C@H](CO)[C@H](O)[C@H](O)[C@@H]4O)c(-c4cccc(CC(=O)O)c4)c3)ccc2O[C@H]2O[C@H](CO)[C@H](O)[C@H](O)[C@@H]2O)c1. The van der Waals surface area contributed by atoms with Crippen LogP contribution >= 0.6 is 0 Å². The number of carbonyl (C=O) groups is 2. The third-order valence-corrected chi connectivity index (χ3v) is 11.1. The number of aliphatic carboxylic acids is 2. The second-order valence-corrected chi connectivity index (χ2v) is 15.7. The van der Waals surface area contributed by atoms with Gasteiger partial charge >= 0.3 is 11.9 Å². The number of carboxylic acid groups (broad SMARTS) is 2. The summed E-state index contributed by atoms with van der Waals surface area (Å²) in [4.78, 5) is 23.0. The van der Waals surface area contributed by atoms with Gasteiger partial charge in [0.25, 0.3) is 0 Å². The number of unbranched alkanes of at least 4 members (excludes halogenated alkanes) is 3. The van der Waals surface area contributed by atoms with Gasteiger partial charge in [0, 0.05) is 11.1 Å². The van der Waals surface area contributed by atoms with Gasteiger partial charge in [-0.2, -0.15) is 0 Å². The van der Waals surface area contributed by atoms with Crippen molar-refractivity contribution in [2.24, 2.45) is 0 Å². The topological polar surface area (TPSA) is 273 Å². The molecule has 4 aromatic rings. The van der Waals surface area contributed by atoms with Gasteiger partial charge in [-0.05, 0) is 83.3 Å². The van der Waals surface area contributed by atoms with Gasteiger partial charge in [0.1, 0.15) is 60.3 Å². The molecular formula is C46H54O16. The molecule has 0 aromatic heterocycles. The number of aliphatic hydroxyl groups is 8. The van der Waals surface area contributed by atoms with Crippen molar-refractivity contribution >= 4 is 11.9 Å². The van der Waals surface area contributed by atoms with Crippen molar-refractivity contribution in [1.29, 1.82) is 0 Å². The third kappa shape index (κ3) is 11.5. The summed E-state index contributed by atoms with van der Waals surface area (Å²) in [7, 11) is 0. The molecule has 10 N–H and O–H groups in total. The monoisotopic (exact) mass is 862 g/mol. The lowest BCUT2D eigenvalue weighted by atomic mass is 9.95. The van der Waals surface area contributed by atoms with Crippen molar-refractivity contribution in [3.05, 3.63) is 107 Å². The molecule has 0 aliphatic carbocycles. The van der Waals surface area contributed by atoms with Crippen LogP contribution in [0.15, 0.2) is 84.9 Å².